The van der Waals surface area contributed by atoms with Gasteiger partial charge in [-0.1, -0.05) is 48.5 Å². The molecule has 0 unspecified atom stereocenters. The molecule has 0 saturated carbocycles. The van der Waals surface area contributed by atoms with Gasteiger partial charge in [-0.2, -0.15) is 0 Å². The van der Waals surface area contributed by atoms with Crippen molar-refractivity contribution >= 4 is 23.3 Å². The molecule has 2 atom stereocenters. The number of ether oxygens (including phenoxy) is 1. The lowest BCUT2D eigenvalue weighted by atomic mass is 9.96. The normalized spacial score (nSPS) is 17.2. The average molecular weight is 497 g/mol. The molecule has 2 aromatic carbocycles. The van der Waals surface area contributed by atoms with Crippen molar-refractivity contribution in [2.45, 2.75) is 32.5 Å². The van der Waals surface area contributed by atoms with Crippen LogP contribution in [-0.2, 0) is 11.3 Å². The summed E-state index contributed by atoms with van der Waals surface area (Å²) in [6.45, 7) is 4.82. The van der Waals surface area contributed by atoms with Crippen LogP contribution in [-0.4, -0.2) is 32.6 Å². The molecule has 0 spiro atoms. The third-order valence-corrected chi connectivity index (χ3v) is 7.09. The molecule has 6 nitrogen and oxygen atoms in total. The number of nitrogens with zero attached hydrogens (tertiary/aromatic N) is 3. The number of carbonyl (C=O) groups excluding carboxylic acids is 1. The zero-order valence-electron chi connectivity index (χ0n) is 20.5. The molecule has 7 heteroatoms. The molecule has 0 aliphatic carbocycles. The summed E-state index contributed by atoms with van der Waals surface area (Å²) in [5.41, 5.74) is 6.62. The largest absolute Gasteiger partial charge is 0.465 e. The van der Waals surface area contributed by atoms with Crippen LogP contribution in [0.1, 0.15) is 50.7 Å². The van der Waals surface area contributed by atoms with Crippen LogP contribution in [0.2, 0.25) is 0 Å². The predicted molar refractivity (Wildman–Crippen MR) is 144 cm³/mol. The molecular formula is C29H28N4O2S. The molecule has 4 aromatic rings. The Kier molecular flexibility index (Phi) is 6.57. The smallest absolute Gasteiger partial charge is 0.339 e. The second kappa shape index (κ2) is 9.95. The maximum absolute atomic E-state index is 12.5. The SMILES string of the molecule is COC(=O)c1ccccc1-n1c(C)cc([C@@H]2[C@H](c3ccccn3)NC(=S)N2Cc2ccccc2)c1C. The van der Waals surface area contributed by atoms with Crippen LogP contribution in [0.5, 0.6) is 0 Å². The molecule has 1 N–H and O–H groups in total. The molecule has 3 heterocycles. The molecule has 36 heavy (non-hydrogen) atoms. The minimum atomic E-state index is -0.361. The van der Waals surface area contributed by atoms with Crippen molar-refractivity contribution < 1.29 is 9.53 Å². The third-order valence-electron chi connectivity index (χ3n) is 6.73. The summed E-state index contributed by atoms with van der Waals surface area (Å²) in [5, 5.41) is 4.23. The van der Waals surface area contributed by atoms with Gasteiger partial charge in [0.15, 0.2) is 5.11 Å². The van der Waals surface area contributed by atoms with Gasteiger partial charge in [0.2, 0.25) is 0 Å². The van der Waals surface area contributed by atoms with Gasteiger partial charge < -0.3 is 19.5 Å². The molecule has 1 aliphatic heterocycles. The quantitative estimate of drug-likeness (QED) is 0.283. The molecule has 5 rings (SSSR count). The van der Waals surface area contributed by atoms with Crippen molar-refractivity contribution in [1.82, 2.24) is 19.8 Å². The molecule has 182 valence electrons. The van der Waals surface area contributed by atoms with Crippen molar-refractivity contribution in [3.63, 3.8) is 0 Å². The van der Waals surface area contributed by atoms with E-state index in [4.69, 9.17) is 17.0 Å². The van der Waals surface area contributed by atoms with Gasteiger partial charge in [0.05, 0.1) is 36.1 Å². The van der Waals surface area contributed by atoms with Crippen LogP contribution in [0.25, 0.3) is 5.69 Å². The summed E-state index contributed by atoms with van der Waals surface area (Å²) in [7, 11) is 1.41. The minimum absolute atomic E-state index is 0.0853. The van der Waals surface area contributed by atoms with Gasteiger partial charge in [0.1, 0.15) is 0 Å². The van der Waals surface area contributed by atoms with E-state index in [0.29, 0.717) is 17.2 Å². The molecule has 0 amide bonds. The van der Waals surface area contributed by atoms with E-state index < -0.39 is 0 Å². The van der Waals surface area contributed by atoms with E-state index in [1.165, 1.54) is 12.7 Å². The van der Waals surface area contributed by atoms with Crippen LogP contribution in [0.4, 0.5) is 0 Å². The highest BCUT2D eigenvalue weighted by molar-refractivity contribution is 7.80. The van der Waals surface area contributed by atoms with E-state index in [-0.39, 0.29) is 18.1 Å². The first-order chi connectivity index (χ1) is 17.5. The van der Waals surface area contributed by atoms with Crippen LogP contribution in [0.15, 0.2) is 85.1 Å². The van der Waals surface area contributed by atoms with Gasteiger partial charge in [-0.25, -0.2) is 4.79 Å². The number of rotatable bonds is 6. The summed E-state index contributed by atoms with van der Waals surface area (Å²) < 4.78 is 7.19. The lowest BCUT2D eigenvalue weighted by molar-refractivity contribution is 0.0600. The predicted octanol–water partition coefficient (Wildman–Crippen LogP) is 5.45. The lowest BCUT2D eigenvalue weighted by Crippen LogP contribution is -2.29. The van der Waals surface area contributed by atoms with Crippen molar-refractivity contribution in [2.75, 3.05) is 7.11 Å². The molecule has 1 aliphatic rings. The highest BCUT2D eigenvalue weighted by Gasteiger charge is 2.41. The number of methoxy groups -OCH3 is 1. The zero-order valence-corrected chi connectivity index (χ0v) is 21.3. The van der Waals surface area contributed by atoms with Gasteiger partial charge in [0.25, 0.3) is 0 Å². The van der Waals surface area contributed by atoms with Crippen molar-refractivity contribution in [3.05, 3.63) is 119 Å². The summed E-state index contributed by atoms with van der Waals surface area (Å²) in [6, 6.07) is 25.8. The first-order valence-corrected chi connectivity index (χ1v) is 12.3. The van der Waals surface area contributed by atoms with Crippen molar-refractivity contribution in [2.24, 2.45) is 0 Å². The number of thiocarbonyl (C=S) groups is 1. The number of nitrogens with one attached hydrogen (secondary N) is 1. The monoisotopic (exact) mass is 496 g/mol. The number of benzene rings is 2. The Labute approximate surface area is 216 Å². The number of pyridine rings is 1. The lowest BCUT2D eigenvalue weighted by Gasteiger charge is -2.28. The Hall–Kier alpha value is -3.97. The van der Waals surface area contributed by atoms with Gasteiger partial charge in [-0.15, -0.1) is 0 Å². The number of aromatic nitrogens is 2. The van der Waals surface area contributed by atoms with Crippen molar-refractivity contribution in [3.8, 4) is 5.69 Å². The van der Waals surface area contributed by atoms with Gasteiger partial charge in [-0.05, 0) is 67.5 Å². The topological polar surface area (TPSA) is 59.4 Å². The second-order valence-corrected chi connectivity index (χ2v) is 9.30. The summed E-state index contributed by atoms with van der Waals surface area (Å²) in [4.78, 5) is 19.4. The van der Waals surface area contributed by atoms with E-state index >= 15 is 0 Å². The van der Waals surface area contributed by atoms with Crippen molar-refractivity contribution in [1.29, 1.82) is 0 Å². The fourth-order valence-electron chi connectivity index (χ4n) is 5.10. The zero-order chi connectivity index (χ0) is 25.2. The van der Waals surface area contributed by atoms with E-state index in [0.717, 1.165) is 28.3 Å². The molecule has 0 bridgehead atoms. The fraction of sp³-hybridized carbons (Fsp3) is 0.207. The van der Waals surface area contributed by atoms with Gasteiger partial charge in [-0.3, -0.25) is 4.98 Å². The summed E-state index contributed by atoms with van der Waals surface area (Å²) >= 11 is 5.86. The second-order valence-electron chi connectivity index (χ2n) is 8.91. The van der Waals surface area contributed by atoms with E-state index in [2.05, 4.69) is 51.8 Å². The van der Waals surface area contributed by atoms with Crippen LogP contribution < -0.4 is 5.32 Å². The minimum Gasteiger partial charge on any atom is -0.465 e. The Balaban J connectivity index is 1.64. The number of carbonyl (C=O) groups is 1. The van der Waals surface area contributed by atoms with E-state index in [9.17, 15) is 4.79 Å². The maximum atomic E-state index is 12.5. The molecule has 0 radical (unpaired) electrons. The van der Waals surface area contributed by atoms with Crippen LogP contribution in [0, 0.1) is 13.8 Å². The average Bonchev–Trinajstić information content (AvgIpc) is 3.39. The first kappa shape index (κ1) is 23.8. The number of aryl methyl sites for hydroxylation is 1. The fourth-order valence-corrected chi connectivity index (χ4v) is 5.41. The highest BCUT2D eigenvalue weighted by atomic mass is 32.1. The highest BCUT2D eigenvalue weighted by Crippen LogP contribution is 2.42. The Bertz CT molecular complexity index is 1400. The standard InChI is InChI=1S/C29H28N4O2S/c1-19-17-23(20(2)33(19)25-15-8-7-13-22(25)28(34)35-3)27-26(24-14-9-10-16-30-24)31-29(36)32(27)18-21-11-5-4-6-12-21/h4-17,26-27H,18H2,1-3H3,(H,31,36)/t26-,27+/m0/s1. The van der Waals surface area contributed by atoms with E-state index in [1.807, 2.05) is 60.8 Å². The van der Waals surface area contributed by atoms with Crippen LogP contribution in [0.3, 0.4) is 0 Å². The molecule has 1 fully saturated rings. The molecule has 2 aromatic heterocycles. The Morgan fingerprint density at radius 2 is 1.75 bits per heavy atom. The first-order valence-electron chi connectivity index (χ1n) is 11.9. The number of hydrogen-bond donors (Lipinski definition) is 1. The number of para-hydroxylation sites is 1. The number of hydrogen-bond acceptors (Lipinski definition) is 4. The molecular weight excluding hydrogens is 468 g/mol. The van der Waals surface area contributed by atoms with Gasteiger partial charge in [0, 0.05) is 24.1 Å². The summed E-state index contributed by atoms with van der Waals surface area (Å²) in [5.74, 6) is -0.361. The van der Waals surface area contributed by atoms with E-state index in [1.54, 1.807) is 6.07 Å². The number of esters is 1. The summed E-state index contributed by atoms with van der Waals surface area (Å²) in [6.07, 6.45) is 1.81. The van der Waals surface area contributed by atoms with Gasteiger partial charge >= 0.3 is 5.97 Å². The molecule has 1 saturated heterocycles. The Morgan fingerprint density at radius 3 is 2.47 bits per heavy atom. The third kappa shape index (κ3) is 4.27. The Morgan fingerprint density at radius 1 is 1.03 bits per heavy atom. The maximum Gasteiger partial charge on any atom is 0.339 e. The van der Waals surface area contributed by atoms with Crippen LogP contribution >= 0.6 is 12.2 Å².